The number of hydrogen-bond acceptors (Lipinski definition) is 5. The van der Waals surface area contributed by atoms with Gasteiger partial charge in [-0.15, -0.1) is 0 Å². The van der Waals surface area contributed by atoms with Crippen molar-refractivity contribution in [3.63, 3.8) is 0 Å². The number of anilines is 1. The normalized spacial score (nSPS) is 21.9. The minimum absolute atomic E-state index is 0.0380. The molecule has 2 aliphatic carbocycles. The molecule has 0 radical (unpaired) electrons. The van der Waals surface area contributed by atoms with Gasteiger partial charge in [0.05, 0.1) is 28.1 Å². The number of nitrogens with zero attached hydrogens (tertiary/aromatic N) is 3. The van der Waals surface area contributed by atoms with Crippen molar-refractivity contribution in [2.45, 2.75) is 35.5 Å². The second-order valence-electron chi connectivity index (χ2n) is 8.42. The van der Waals surface area contributed by atoms with Crippen molar-refractivity contribution in [1.29, 1.82) is 5.26 Å². The highest BCUT2D eigenvalue weighted by atomic mass is 35.5. The van der Waals surface area contributed by atoms with Crippen molar-refractivity contribution in [2.24, 2.45) is 5.92 Å². The summed E-state index contributed by atoms with van der Waals surface area (Å²) in [6.07, 6.45) is -0.0191. The lowest BCUT2D eigenvalue weighted by Crippen LogP contribution is -2.24. The van der Waals surface area contributed by atoms with Gasteiger partial charge in [-0.1, -0.05) is 42.6 Å². The van der Waals surface area contributed by atoms with Gasteiger partial charge in [0.2, 0.25) is 0 Å². The summed E-state index contributed by atoms with van der Waals surface area (Å²) < 4.78 is 99.1. The zero-order valence-corrected chi connectivity index (χ0v) is 19.9. The number of methoxy groups -OCH3 is 1. The molecule has 0 bridgehead atoms. The van der Waals surface area contributed by atoms with E-state index in [-0.39, 0.29) is 48.6 Å². The Labute approximate surface area is 203 Å². The highest BCUT2D eigenvalue weighted by Gasteiger charge is 2.66. The van der Waals surface area contributed by atoms with Crippen molar-refractivity contribution in [3.05, 3.63) is 33.4 Å². The lowest BCUT2D eigenvalue weighted by Gasteiger charge is -2.40. The van der Waals surface area contributed by atoms with E-state index in [0.29, 0.717) is 0 Å². The van der Waals surface area contributed by atoms with Crippen LogP contribution in [0.4, 0.5) is 34.0 Å². The number of alkyl halides is 2. The molecule has 0 amide bonds. The number of aromatic nitrogens is 2. The summed E-state index contributed by atoms with van der Waals surface area (Å²) in [4.78, 5) is 10.2. The van der Waals surface area contributed by atoms with E-state index in [1.54, 1.807) is 6.07 Å². The number of esters is 1. The van der Waals surface area contributed by atoms with Gasteiger partial charge in [0.1, 0.15) is 22.5 Å². The van der Waals surface area contributed by atoms with Gasteiger partial charge in [-0.3, -0.25) is 4.79 Å². The van der Waals surface area contributed by atoms with Gasteiger partial charge in [0.25, 0.3) is 5.92 Å². The molecule has 1 heterocycles. The Morgan fingerprint density at radius 3 is 2.20 bits per heavy atom. The maximum atomic E-state index is 13.5. The van der Waals surface area contributed by atoms with Crippen LogP contribution in [-0.2, 0) is 14.9 Å². The Morgan fingerprint density at radius 1 is 1.26 bits per heavy atom. The van der Waals surface area contributed by atoms with E-state index >= 15 is 0 Å². The molecule has 2 saturated carbocycles. The van der Waals surface area contributed by atoms with Crippen LogP contribution >= 0.6 is 33.4 Å². The molecular weight excluding hydrogens is 552 g/mol. The van der Waals surface area contributed by atoms with E-state index in [1.807, 2.05) is 0 Å². The molecule has 1 aromatic heterocycles. The Balaban J connectivity index is 1.92. The molecule has 35 heavy (non-hydrogen) atoms. The predicted octanol–water partition coefficient (Wildman–Crippen LogP) is 6.98. The van der Waals surface area contributed by atoms with E-state index in [0.717, 1.165) is 11.8 Å². The van der Waals surface area contributed by atoms with Crippen LogP contribution in [0.3, 0.4) is 0 Å². The number of ether oxygens (including phenoxy) is 1. The molecule has 1 unspecified atom stereocenters. The molecule has 1 N–H and O–H groups in total. The topological polar surface area (TPSA) is 79.9 Å². The van der Waals surface area contributed by atoms with Gasteiger partial charge >= 0.3 is 16.2 Å². The average molecular weight is 567 g/mol. The number of nitrogens with one attached hydrogen (secondary N) is 1. The SMILES string of the molecule is COC(=O)C1(c2c(C#N)nn(-c3c(Cl)cc(S(F)(F)(F)(F)F)cc3Cl)c2NCC2CC2(F)F)CC1. The summed E-state index contributed by atoms with van der Waals surface area (Å²) in [6, 6.07) is 1.67. The van der Waals surface area contributed by atoms with Crippen LogP contribution in [0.5, 0.6) is 0 Å². The maximum absolute atomic E-state index is 13.5. The molecule has 0 aliphatic heterocycles. The summed E-state index contributed by atoms with van der Waals surface area (Å²) in [5.74, 6) is -5.01. The fraction of sp³-hybridized carbons (Fsp3) is 0.421. The minimum Gasteiger partial charge on any atom is -0.468 e. The molecule has 0 spiro atoms. The van der Waals surface area contributed by atoms with Crippen molar-refractivity contribution < 1.29 is 37.7 Å². The number of benzene rings is 1. The molecule has 0 saturated heterocycles. The van der Waals surface area contributed by atoms with E-state index < -0.39 is 60.5 Å². The summed E-state index contributed by atoms with van der Waals surface area (Å²) in [6.45, 7) is -0.355. The van der Waals surface area contributed by atoms with Crippen molar-refractivity contribution in [2.75, 3.05) is 19.0 Å². The molecule has 16 heteroatoms. The number of carbonyl (C=O) groups excluding carboxylic acids is 1. The van der Waals surface area contributed by atoms with Crippen molar-refractivity contribution in [3.8, 4) is 11.8 Å². The standard InChI is InChI=1S/C19H15Cl2F7N4O2S/c1-34-17(33)18(2-3-18)14-13(7-29)31-32(16(14)30-8-9-6-19(9,22)23)15-11(20)4-10(5-12(15)21)35(24,25,26,27)28/h4-5,9,30H,2-3,6,8H2,1H3. The van der Waals surface area contributed by atoms with Crippen LogP contribution in [0.2, 0.25) is 10.0 Å². The van der Waals surface area contributed by atoms with Gasteiger partial charge < -0.3 is 10.1 Å². The van der Waals surface area contributed by atoms with Crippen molar-refractivity contribution >= 4 is 45.2 Å². The first kappa shape index (κ1) is 25.7. The maximum Gasteiger partial charge on any atom is 0.316 e. The first-order valence-corrected chi connectivity index (χ1v) is 12.5. The molecule has 2 aromatic rings. The van der Waals surface area contributed by atoms with E-state index in [2.05, 4.69) is 10.4 Å². The summed E-state index contributed by atoms with van der Waals surface area (Å²) in [7, 11) is -9.06. The molecule has 192 valence electrons. The van der Waals surface area contributed by atoms with Crippen LogP contribution in [-0.4, -0.2) is 35.3 Å². The molecule has 2 fully saturated rings. The zero-order valence-electron chi connectivity index (χ0n) is 17.5. The van der Waals surface area contributed by atoms with Crippen LogP contribution in [0.15, 0.2) is 17.0 Å². The number of rotatable bonds is 7. The average Bonchev–Trinajstić information content (AvgIpc) is 3.60. The number of carbonyl (C=O) groups is 1. The van der Waals surface area contributed by atoms with E-state index in [4.69, 9.17) is 27.9 Å². The van der Waals surface area contributed by atoms with E-state index in [1.165, 1.54) is 0 Å². The van der Waals surface area contributed by atoms with Gasteiger partial charge in [0, 0.05) is 18.9 Å². The monoisotopic (exact) mass is 566 g/mol. The minimum atomic E-state index is -10.2. The summed E-state index contributed by atoms with van der Waals surface area (Å²) >= 11 is 11.9. The fourth-order valence-electron chi connectivity index (χ4n) is 3.83. The first-order valence-electron chi connectivity index (χ1n) is 9.82. The number of nitriles is 1. The number of halogens is 9. The van der Waals surface area contributed by atoms with Gasteiger partial charge in [0.15, 0.2) is 5.69 Å². The molecule has 4 rings (SSSR count). The van der Waals surface area contributed by atoms with Crippen LogP contribution in [0, 0.1) is 17.2 Å². The summed E-state index contributed by atoms with van der Waals surface area (Å²) in [5, 5.41) is 14.5. The zero-order chi connectivity index (χ0) is 26.3. The third-order valence-electron chi connectivity index (χ3n) is 5.92. The molecule has 1 aromatic carbocycles. The smallest absolute Gasteiger partial charge is 0.316 e. The highest BCUT2D eigenvalue weighted by Crippen LogP contribution is 3.02. The van der Waals surface area contributed by atoms with Crippen LogP contribution in [0.25, 0.3) is 5.69 Å². The molecule has 6 nitrogen and oxygen atoms in total. The number of hydrogen-bond donors (Lipinski definition) is 1. The summed E-state index contributed by atoms with van der Waals surface area (Å²) in [5.41, 5.74) is -2.30. The predicted molar refractivity (Wildman–Crippen MR) is 114 cm³/mol. The Bertz CT molecular complexity index is 1280. The third kappa shape index (κ3) is 4.49. The second-order valence-corrected chi connectivity index (χ2v) is 11.6. The Hall–Kier alpha value is -2.37. The van der Waals surface area contributed by atoms with Crippen molar-refractivity contribution in [1.82, 2.24) is 9.78 Å². The highest BCUT2D eigenvalue weighted by molar-refractivity contribution is 8.45. The van der Waals surface area contributed by atoms with Crippen LogP contribution < -0.4 is 5.32 Å². The molecule has 2 aliphatic rings. The lowest BCUT2D eigenvalue weighted by atomic mass is 9.95. The third-order valence-corrected chi connectivity index (χ3v) is 7.62. The lowest BCUT2D eigenvalue weighted by molar-refractivity contribution is -0.143. The van der Waals surface area contributed by atoms with Gasteiger partial charge in [-0.25, -0.2) is 13.5 Å². The first-order chi connectivity index (χ1) is 15.8. The van der Waals surface area contributed by atoms with Crippen LogP contribution in [0.1, 0.15) is 30.5 Å². The van der Waals surface area contributed by atoms with Gasteiger partial charge in [-0.2, -0.15) is 10.4 Å². The second kappa shape index (κ2) is 7.10. The molecular formula is C19H15Cl2F7N4O2S. The Morgan fingerprint density at radius 2 is 1.80 bits per heavy atom. The quantitative estimate of drug-likeness (QED) is 0.289. The van der Waals surface area contributed by atoms with E-state index in [9.17, 15) is 38.3 Å². The molecule has 1 atom stereocenters. The van der Waals surface area contributed by atoms with Gasteiger partial charge in [-0.05, 0) is 25.0 Å². The largest absolute Gasteiger partial charge is 0.468 e. The Kier molecular flexibility index (Phi) is 5.22. The fourth-order valence-corrected chi connectivity index (χ4v) is 5.29.